The highest BCUT2D eigenvalue weighted by atomic mass is 16.5. The van der Waals surface area contributed by atoms with E-state index < -0.39 is 0 Å². The van der Waals surface area contributed by atoms with Gasteiger partial charge in [-0.25, -0.2) is 0 Å². The van der Waals surface area contributed by atoms with Crippen LogP contribution in [0.25, 0.3) is 11.4 Å². The number of aryl methyl sites for hydroxylation is 1. The minimum Gasteiger partial charge on any atom is -0.467 e. The fraction of sp³-hybridized carbons (Fsp3) is 0.400. The van der Waals surface area contributed by atoms with E-state index in [2.05, 4.69) is 46.2 Å². The van der Waals surface area contributed by atoms with Crippen molar-refractivity contribution in [3.63, 3.8) is 0 Å². The van der Waals surface area contributed by atoms with Crippen molar-refractivity contribution in [2.45, 2.75) is 26.7 Å². The minimum atomic E-state index is 0.327. The first kappa shape index (κ1) is 14.2. The Morgan fingerprint density at radius 3 is 2.40 bits per heavy atom. The average molecular weight is 272 g/mol. The molecule has 0 unspecified atom stereocenters. The maximum Gasteiger partial charge on any atom is 0.321 e. The summed E-state index contributed by atoms with van der Waals surface area (Å²) in [5, 5.41) is 3.16. The van der Waals surface area contributed by atoms with Crippen LogP contribution >= 0.6 is 0 Å². The number of methoxy groups -OCH3 is 1. The van der Waals surface area contributed by atoms with Gasteiger partial charge in [-0.3, -0.25) is 0 Å². The van der Waals surface area contributed by atoms with E-state index >= 15 is 0 Å². The van der Waals surface area contributed by atoms with Crippen LogP contribution in [0.3, 0.4) is 0 Å². The molecule has 0 radical (unpaired) electrons. The first-order valence-electron chi connectivity index (χ1n) is 6.90. The molecule has 2 aromatic rings. The Hall–Kier alpha value is -2.17. The smallest absolute Gasteiger partial charge is 0.321 e. The summed E-state index contributed by atoms with van der Waals surface area (Å²) in [5.74, 6) is 1.17. The molecule has 0 atom stereocenters. The van der Waals surface area contributed by atoms with Crippen molar-refractivity contribution < 1.29 is 4.74 Å². The van der Waals surface area contributed by atoms with E-state index in [9.17, 15) is 0 Å². The van der Waals surface area contributed by atoms with Crippen LogP contribution in [-0.4, -0.2) is 28.6 Å². The van der Waals surface area contributed by atoms with Crippen molar-refractivity contribution in [3.8, 4) is 17.4 Å². The zero-order valence-electron chi connectivity index (χ0n) is 12.2. The van der Waals surface area contributed by atoms with Crippen molar-refractivity contribution in [1.82, 2.24) is 15.0 Å². The predicted octanol–water partition coefficient (Wildman–Crippen LogP) is 2.93. The van der Waals surface area contributed by atoms with Crippen LogP contribution in [0.4, 0.5) is 5.95 Å². The van der Waals surface area contributed by atoms with Crippen LogP contribution in [0.15, 0.2) is 24.3 Å². The first-order chi connectivity index (χ1) is 9.76. The molecule has 0 fully saturated rings. The van der Waals surface area contributed by atoms with Gasteiger partial charge >= 0.3 is 6.01 Å². The summed E-state index contributed by atoms with van der Waals surface area (Å²) in [6, 6.07) is 8.55. The Morgan fingerprint density at radius 1 is 1.05 bits per heavy atom. The van der Waals surface area contributed by atoms with Gasteiger partial charge in [-0.05, 0) is 18.4 Å². The van der Waals surface area contributed by atoms with E-state index in [-0.39, 0.29) is 0 Å². The maximum atomic E-state index is 5.14. The molecular weight excluding hydrogens is 252 g/mol. The van der Waals surface area contributed by atoms with Crippen LogP contribution in [0.5, 0.6) is 6.01 Å². The predicted molar refractivity (Wildman–Crippen MR) is 80.0 cm³/mol. The van der Waals surface area contributed by atoms with Gasteiger partial charge < -0.3 is 10.1 Å². The van der Waals surface area contributed by atoms with Crippen molar-refractivity contribution in [1.29, 1.82) is 0 Å². The third-order valence-electron chi connectivity index (χ3n) is 2.95. The highest BCUT2D eigenvalue weighted by Crippen LogP contribution is 2.19. The Bertz CT molecular complexity index is 554. The molecule has 0 aliphatic rings. The van der Waals surface area contributed by atoms with Gasteiger partial charge in [0.1, 0.15) is 0 Å². The third-order valence-corrected chi connectivity index (χ3v) is 2.95. The Morgan fingerprint density at radius 2 is 1.80 bits per heavy atom. The molecule has 1 N–H and O–H groups in total. The van der Waals surface area contributed by atoms with Crippen LogP contribution < -0.4 is 10.1 Å². The van der Waals surface area contributed by atoms with E-state index in [1.54, 1.807) is 7.11 Å². The second kappa shape index (κ2) is 6.84. The van der Waals surface area contributed by atoms with Gasteiger partial charge in [0.2, 0.25) is 5.95 Å². The average Bonchev–Trinajstić information content (AvgIpc) is 2.52. The summed E-state index contributed by atoms with van der Waals surface area (Å²) in [4.78, 5) is 12.9. The van der Waals surface area contributed by atoms with E-state index in [1.807, 2.05) is 12.1 Å². The van der Waals surface area contributed by atoms with Gasteiger partial charge in [-0.2, -0.15) is 15.0 Å². The lowest BCUT2D eigenvalue weighted by Gasteiger charge is -2.08. The number of hydrogen-bond acceptors (Lipinski definition) is 5. The van der Waals surface area contributed by atoms with Gasteiger partial charge in [-0.15, -0.1) is 0 Å². The fourth-order valence-corrected chi connectivity index (χ4v) is 1.78. The maximum absolute atomic E-state index is 5.14. The number of benzene rings is 1. The Kier molecular flexibility index (Phi) is 4.87. The summed E-state index contributed by atoms with van der Waals surface area (Å²) in [5.41, 5.74) is 2.25. The topological polar surface area (TPSA) is 59.9 Å². The highest BCUT2D eigenvalue weighted by molar-refractivity contribution is 5.57. The Labute approximate surface area is 119 Å². The van der Waals surface area contributed by atoms with E-state index in [4.69, 9.17) is 4.74 Å². The van der Waals surface area contributed by atoms with Crippen molar-refractivity contribution in [2.75, 3.05) is 19.0 Å². The SMILES string of the molecule is CCCNc1nc(OC)nc(-c2ccc(CC)cc2)n1. The number of rotatable bonds is 6. The number of nitrogens with one attached hydrogen (secondary N) is 1. The number of anilines is 1. The molecule has 0 aliphatic carbocycles. The molecule has 1 heterocycles. The molecule has 106 valence electrons. The lowest BCUT2D eigenvalue weighted by molar-refractivity contribution is 0.379. The molecular formula is C15H20N4O. The summed E-state index contributed by atoms with van der Waals surface area (Å²) < 4.78 is 5.14. The first-order valence-corrected chi connectivity index (χ1v) is 6.90. The molecule has 2 rings (SSSR count). The van der Waals surface area contributed by atoms with Crippen LogP contribution in [0.1, 0.15) is 25.8 Å². The largest absolute Gasteiger partial charge is 0.467 e. The molecule has 1 aromatic carbocycles. The summed E-state index contributed by atoms with van der Waals surface area (Å²) >= 11 is 0. The summed E-state index contributed by atoms with van der Waals surface area (Å²) in [6.07, 6.45) is 2.03. The monoisotopic (exact) mass is 272 g/mol. The molecule has 0 spiro atoms. The lowest BCUT2D eigenvalue weighted by Crippen LogP contribution is -2.07. The lowest BCUT2D eigenvalue weighted by atomic mass is 10.1. The second-order valence-electron chi connectivity index (χ2n) is 4.45. The van der Waals surface area contributed by atoms with Crippen molar-refractivity contribution in [3.05, 3.63) is 29.8 Å². The van der Waals surface area contributed by atoms with Gasteiger partial charge in [0.05, 0.1) is 7.11 Å². The van der Waals surface area contributed by atoms with E-state index in [1.165, 1.54) is 5.56 Å². The molecule has 1 aromatic heterocycles. The zero-order chi connectivity index (χ0) is 14.4. The van der Waals surface area contributed by atoms with Crippen LogP contribution in [-0.2, 0) is 6.42 Å². The third kappa shape index (κ3) is 3.44. The molecule has 0 saturated heterocycles. The van der Waals surface area contributed by atoms with Gasteiger partial charge in [0.25, 0.3) is 0 Å². The molecule has 0 saturated carbocycles. The molecule has 5 nitrogen and oxygen atoms in total. The second-order valence-corrected chi connectivity index (χ2v) is 4.45. The molecule has 0 amide bonds. The van der Waals surface area contributed by atoms with E-state index in [0.29, 0.717) is 17.8 Å². The quantitative estimate of drug-likeness (QED) is 0.876. The summed E-state index contributed by atoms with van der Waals surface area (Å²) in [6.45, 7) is 5.05. The highest BCUT2D eigenvalue weighted by Gasteiger charge is 2.08. The number of ether oxygens (including phenoxy) is 1. The number of aromatic nitrogens is 3. The van der Waals surface area contributed by atoms with Crippen molar-refractivity contribution >= 4 is 5.95 Å². The van der Waals surface area contributed by atoms with Crippen LogP contribution in [0.2, 0.25) is 0 Å². The van der Waals surface area contributed by atoms with Gasteiger partial charge in [-0.1, -0.05) is 38.1 Å². The van der Waals surface area contributed by atoms with E-state index in [0.717, 1.165) is 24.9 Å². The van der Waals surface area contributed by atoms with Gasteiger partial charge in [0, 0.05) is 12.1 Å². The Balaban J connectivity index is 2.33. The van der Waals surface area contributed by atoms with Gasteiger partial charge in [0.15, 0.2) is 5.82 Å². The summed E-state index contributed by atoms with van der Waals surface area (Å²) in [7, 11) is 1.56. The molecule has 5 heteroatoms. The van der Waals surface area contributed by atoms with Crippen LogP contribution in [0, 0.1) is 0 Å². The number of nitrogens with zero attached hydrogens (tertiary/aromatic N) is 3. The van der Waals surface area contributed by atoms with Crippen molar-refractivity contribution in [2.24, 2.45) is 0 Å². The minimum absolute atomic E-state index is 0.327. The normalized spacial score (nSPS) is 10.3. The molecule has 20 heavy (non-hydrogen) atoms. The zero-order valence-corrected chi connectivity index (χ0v) is 12.2. The fourth-order valence-electron chi connectivity index (χ4n) is 1.78. The standard InChI is InChI=1S/C15H20N4O/c1-4-10-16-14-17-13(18-15(19-14)20-3)12-8-6-11(5-2)7-9-12/h6-9H,4-5,10H2,1-3H3,(H,16,17,18,19). The number of hydrogen-bond donors (Lipinski definition) is 1. The molecule has 0 aliphatic heterocycles. The molecule has 0 bridgehead atoms.